The van der Waals surface area contributed by atoms with E-state index in [1.807, 2.05) is 11.0 Å². The smallest absolute Gasteiger partial charge is 0.264 e. The van der Waals surface area contributed by atoms with Gasteiger partial charge in [-0.1, -0.05) is 6.92 Å². The number of aryl methyl sites for hydroxylation is 2. The fourth-order valence-electron chi connectivity index (χ4n) is 8.29. The van der Waals surface area contributed by atoms with Gasteiger partial charge in [-0.05, 0) is 67.7 Å². The number of hydrogen-bond donors (Lipinski definition) is 1. The minimum Gasteiger partial charge on any atom is -0.338 e. The van der Waals surface area contributed by atoms with E-state index in [1.165, 1.54) is 31.6 Å². The number of nitrogens with one attached hydrogen (secondary N) is 1. The molecule has 5 heterocycles. The van der Waals surface area contributed by atoms with Crippen LogP contribution in [0.5, 0.6) is 0 Å². The molecule has 4 aliphatic rings. The van der Waals surface area contributed by atoms with Gasteiger partial charge in [-0.15, -0.1) is 0 Å². The van der Waals surface area contributed by atoms with Crippen molar-refractivity contribution in [3.63, 3.8) is 0 Å². The number of rotatable bonds is 8. The topological polar surface area (TPSA) is 74.5 Å². The first-order valence-electron chi connectivity index (χ1n) is 16.7. The summed E-state index contributed by atoms with van der Waals surface area (Å²) in [6, 6.07) is 4.57. The number of piperidine rings is 1. The summed E-state index contributed by atoms with van der Waals surface area (Å²) in [7, 11) is 1.79. The number of hydrogen-bond acceptors (Lipinski definition) is 6. The third-order valence-electron chi connectivity index (χ3n) is 11.0. The Morgan fingerprint density at radius 3 is 2.47 bits per heavy atom. The van der Waals surface area contributed by atoms with Crippen molar-refractivity contribution in [1.82, 2.24) is 34.7 Å². The fourth-order valence-corrected chi connectivity index (χ4v) is 8.29. The molecule has 3 aliphatic heterocycles. The molecule has 2 saturated heterocycles. The van der Waals surface area contributed by atoms with E-state index in [9.17, 15) is 13.6 Å². The van der Waals surface area contributed by atoms with Gasteiger partial charge in [0.25, 0.3) is 6.43 Å². The van der Waals surface area contributed by atoms with Crippen molar-refractivity contribution in [2.45, 2.75) is 84.4 Å². The van der Waals surface area contributed by atoms with Crippen molar-refractivity contribution in [1.29, 1.82) is 0 Å². The van der Waals surface area contributed by atoms with Crippen LogP contribution in [0, 0.1) is 5.41 Å². The van der Waals surface area contributed by atoms with Crippen LogP contribution in [-0.4, -0.2) is 80.6 Å². The molecule has 11 heteroatoms. The first-order chi connectivity index (χ1) is 21.7. The van der Waals surface area contributed by atoms with Crippen LogP contribution in [-0.2, 0) is 31.2 Å². The molecule has 1 N–H and O–H groups in total. The average Bonchev–Trinajstić information content (AvgIpc) is 3.59. The maximum Gasteiger partial charge on any atom is 0.264 e. The number of fused-ring (bicyclic) bond motifs is 1. The maximum absolute atomic E-state index is 14.6. The molecule has 0 bridgehead atoms. The molecule has 242 valence electrons. The highest BCUT2D eigenvalue weighted by molar-refractivity contribution is 5.77. The van der Waals surface area contributed by atoms with Gasteiger partial charge in [-0.3, -0.25) is 14.2 Å². The van der Waals surface area contributed by atoms with Gasteiger partial charge < -0.3 is 20.0 Å². The van der Waals surface area contributed by atoms with E-state index in [2.05, 4.69) is 38.7 Å². The van der Waals surface area contributed by atoms with Crippen LogP contribution in [0.1, 0.15) is 81.3 Å². The van der Waals surface area contributed by atoms with Crippen LogP contribution in [0.15, 0.2) is 24.5 Å². The number of benzene rings is 1. The second-order valence-corrected chi connectivity index (χ2v) is 13.7. The summed E-state index contributed by atoms with van der Waals surface area (Å²) < 4.78 is 33.2. The number of aromatic nitrogens is 4. The van der Waals surface area contributed by atoms with Gasteiger partial charge in [0, 0.05) is 100.0 Å². The standard InChI is InChI=1S/C34H46F2N8O/c1-5-23-13-27(24-17-38-40(4)18-24)28(32(35)36)14-31(23)43(6-2)33-29-19-42(22(3)45)12-9-30(29)44(39-33)25-7-10-41(11-8-25)26-15-34(16-26)20-37-21-34/h13-14,17-18,25-26,32,37H,5-12,15-16,19-21H2,1-4H3. The minimum absolute atomic E-state index is 0.00450. The molecule has 3 fully saturated rings. The SMILES string of the molecule is CCc1cc(-c2cnn(C)c2)c(C(F)F)cc1N(CC)c1nn(C2CCN(C3CC4(CNC4)C3)CC2)c2c1CN(C(C)=O)CC2. The molecule has 7 rings (SSSR count). The average molecular weight is 621 g/mol. The van der Waals surface area contributed by atoms with Gasteiger partial charge in [-0.25, -0.2) is 8.78 Å². The van der Waals surface area contributed by atoms with E-state index in [4.69, 9.17) is 5.10 Å². The second kappa shape index (κ2) is 11.8. The lowest BCUT2D eigenvalue weighted by molar-refractivity contribution is -0.129. The molecule has 9 nitrogen and oxygen atoms in total. The summed E-state index contributed by atoms with van der Waals surface area (Å²) in [5.74, 6) is 0.842. The molecule has 0 radical (unpaired) electrons. The Morgan fingerprint density at radius 2 is 1.89 bits per heavy atom. The quantitative estimate of drug-likeness (QED) is 0.372. The number of nitrogens with zero attached hydrogens (tertiary/aromatic N) is 7. The molecule has 0 unspecified atom stereocenters. The highest BCUT2D eigenvalue weighted by Crippen LogP contribution is 2.48. The number of anilines is 2. The van der Waals surface area contributed by atoms with E-state index < -0.39 is 6.43 Å². The number of halogens is 2. The normalized spacial score (nSPS) is 20.4. The summed E-state index contributed by atoms with van der Waals surface area (Å²) in [5.41, 5.74) is 5.76. The highest BCUT2D eigenvalue weighted by atomic mass is 19.3. The zero-order chi connectivity index (χ0) is 31.5. The molecule has 1 aromatic carbocycles. The molecule has 1 saturated carbocycles. The number of alkyl halides is 2. The van der Waals surface area contributed by atoms with Gasteiger partial charge in [0.1, 0.15) is 0 Å². The van der Waals surface area contributed by atoms with Crippen molar-refractivity contribution in [3.05, 3.63) is 46.9 Å². The molecule has 1 spiro atoms. The first kappa shape index (κ1) is 30.3. The fraction of sp³-hybridized carbons (Fsp3) is 0.618. The van der Waals surface area contributed by atoms with Gasteiger partial charge >= 0.3 is 0 Å². The maximum atomic E-state index is 14.6. The van der Waals surface area contributed by atoms with Crippen molar-refractivity contribution in [2.24, 2.45) is 12.5 Å². The van der Waals surface area contributed by atoms with E-state index >= 15 is 0 Å². The predicted octanol–water partition coefficient (Wildman–Crippen LogP) is 5.24. The molecular weight excluding hydrogens is 574 g/mol. The van der Waals surface area contributed by atoms with E-state index in [0.29, 0.717) is 54.7 Å². The largest absolute Gasteiger partial charge is 0.338 e. The van der Waals surface area contributed by atoms with E-state index in [1.54, 1.807) is 37.1 Å². The van der Waals surface area contributed by atoms with Gasteiger partial charge in [-0.2, -0.15) is 10.2 Å². The molecule has 1 aliphatic carbocycles. The number of likely N-dealkylation sites (tertiary alicyclic amines) is 1. The zero-order valence-electron chi connectivity index (χ0n) is 27.0. The van der Waals surface area contributed by atoms with Crippen molar-refractivity contribution in [3.8, 4) is 11.1 Å². The molecule has 1 amide bonds. The van der Waals surface area contributed by atoms with Gasteiger partial charge in [0.15, 0.2) is 5.82 Å². The molecule has 45 heavy (non-hydrogen) atoms. The Bertz CT molecular complexity index is 1560. The van der Waals surface area contributed by atoms with Gasteiger partial charge in [0.05, 0.1) is 18.8 Å². The van der Waals surface area contributed by atoms with Crippen molar-refractivity contribution >= 4 is 17.4 Å². The third kappa shape index (κ3) is 5.35. The second-order valence-electron chi connectivity index (χ2n) is 13.7. The summed E-state index contributed by atoms with van der Waals surface area (Å²) in [5, 5.41) is 13.0. The van der Waals surface area contributed by atoms with Crippen LogP contribution in [0.25, 0.3) is 11.1 Å². The van der Waals surface area contributed by atoms with Crippen LogP contribution in [0.3, 0.4) is 0 Å². The Hall–Kier alpha value is -3.31. The molecule has 3 aromatic rings. The summed E-state index contributed by atoms with van der Waals surface area (Å²) in [6.45, 7) is 12.0. The Kier molecular flexibility index (Phi) is 7.96. The lowest BCUT2D eigenvalue weighted by Gasteiger charge is -2.58. The Balaban J connectivity index is 1.23. The monoisotopic (exact) mass is 620 g/mol. The summed E-state index contributed by atoms with van der Waals surface area (Å²) in [6.07, 6.45) is 6.95. The molecular formula is C34H46F2N8O. The van der Waals surface area contributed by atoms with Gasteiger partial charge in [0.2, 0.25) is 5.91 Å². The summed E-state index contributed by atoms with van der Waals surface area (Å²) >= 11 is 0. The lowest BCUT2D eigenvalue weighted by atomic mass is 9.61. The van der Waals surface area contributed by atoms with Crippen LogP contribution in [0.2, 0.25) is 0 Å². The third-order valence-corrected chi connectivity index (χ3v) is 11.0. The van der Waals surface area contributed by atoms with Crippen molar-refractivity contribution < 1.29 is 13.6 Å². The van der Waals surface area contributed by atoms with Crippen LogP contribution in [0.4, 0.5) is 20.3 Å². The van der Waals surface area contributed by atoms with Crippen molar-refractivity contribution in [2.75, 3.05) is 44.2 Å². The predicted molar refractivity (Wildman–Crippen MR) is 171 cm³/mol. The number of carbonyl (C=O) groups is 1. The number of carbonyl (C=O) groups excluding carboxylic acids is 1. The zero-order valence-corrected chi connectivity index (χ0v) is 27.0. The van der Waals surface area contributed by atoms with E-state index in [0.717, 1.165) is 55.0 Å². The Morgan fingerprint density at radius 1 is 1.13 bits per heavy atom. The van der Waals surface area contributed by atoms with Crippen LogP contribution >= 0.6 is 0 Å². The Labute approximate surface area is 264 Å². The summed E-state index contributed by atoms with van der Waals surface area (Å²) in [4.78, 5) is 19.2. The van der Waals surface area contributed by atoms with E-state index in [-0.39, 0.29) is 11.5 Å². The lowest BCUT2D eigenvalue weighted by Crippen LogP contribution is -2.65. The first-order valence-corrected chi connectivity index (χ1v) is 16.7. The van der Waals surface area contributed by atoms with Crippen LogP contribution < -0.4 is 10.2 Å². The number of amides is 1. The molecule has 2 aromatic heterocycles. The highest BCUT2D eigenvalue weighted by Gasteiger charge is 2.50. The minimum atomic E-state index is -2.64. The molecule has 0 atom stereocenters.